The van der Waals surface area contributed by atoms with Gasteiger partial charge < -0.3 is 19.8 Å². The lowest BCUT2D eigenvalue weighted by molar-refractivity contribution is -0.147. The van der Waals surface area contributed by atoms with Crippen molar-refractivity contribution in [3.8, 4) is 17.2 Å². The standard InChI is InChI=1S/C24H28N4O3/c1-26(2)14-22(30)28-20(13-25)23(21(28)15-29)19-8-6-5-7-18(19)16-9-11-17(12-10-16)24(31)27(3)4/h5-12,20-21,23,29H,14-15H2,1-4H3/t20-,21+,23-/m0/s1. The van der Waals surface area contributed by atoms with Gasteiger partial charge in [-0.2, -0.15) is 5.26 Å². The highest BCUT2D eigenvalue weighted by molar-refractivity contribution is 5.94. The number of likely N-dealkylation sites (tertiary alicyclic amines) is 1. The lowest BCUT2D eigenvalue weighted by Crippen LogP contribution is -2.66. The number of aliphatic hydroxyl groups is 1. The van der Waals surface area contributed by atoms with E-state index in [2.05, 4.69) is 6.07 Å². The van der Waals surface area contributed by atoms with Crippen LogP contribution in [0.2, 0.25) is 0 Å². The van der Waals surface area contributed by atoms with Gasteiger partial charge in [0.25, 0.3) is 5.91 Å². The highest BCUT2D eigenvalue weighted by atomic mass is 16.3. The van der Waals surface area contributed by atoms with E-state index in [-0.39, 0.29) is 30.9 Å². The Morgan fingerprint density at radius 1 is 1.06 bits per heavy atom. The number of aliphatic hydroxyl groups excluding tert-OH is 1. The minimum absolute atomic E-state index is 0.0706. The number of hydrogen-bond acceptors (Lipinski definition) is 5. The van der Waals surface area contributed by atoms with Crippen molar-refractivity contribution < 1.29 is 14.7 Å². The van der Waals surface area contributed by atoms with Gasteiger partial charge in [0.2, 0.25) is 5.91 Å². The third kappa shape index (κ3) is 4.31. The first-order valence-electron chi connectivity index (χ1n) is 10.2. The third-order valence-corrected chi connectivity index (χ3v) is 5.64. The van der Waals surface area contributed by atoms with Gasteiger partial charge in [0.1, 0.15) is 6.04 Å². The van der Waals surface area contributed by atoms with Crippen molar-refractivity contribution in [3.05, 3.63) is 59.7 Å². The largest absolute Gasteiger partial charge is 0.394 e. The van der Waals surface area contributed by atoms with Gasteiger partial charge in [-0.25, -0.2) is 0 Å². The fourth-order valence-electron chi connectivity index (χ4n) is 4.18. The summed E-state index contributed by atoms with van der Waals surface area (Å²) in [7, 11) is 7.01. The van der Waals surface area contributed by atoms with Gasteiger partial charge in [0.05, 0.1) is 25.3 Å². The molecule has 2 aromatic rings. The van der Waals surface area contributed by atoms with Gasteiger partial charge in [-0.15, -0.1) is 0 Å². The van der Waals surface area contributed by atoms with Gasteiger partial charge in [-0.1, -0.05) is 36.4 Å². The van der Waals surface area contributed by atoms with Crippen LogP contribution in [0.5, 0.6) is 0 Å². The Labute approximate surface area is 183 Å². The van der Waals surface area contributed by atoms with Crippen molar-refractivity contribution in [2.24, 2.45) is 0 Å². The fourth-order valence-corrected chi connectivity index (χ4v) is 4.18. The van der Waals surface area contributed by atoms with Crippen LogP contribution in [0.15, 0.2) is 48.5 Å². The summed E-state index contributed by atoms with van der Waals surface area (Å²) in [5.74, 6) is -0.532. The van der Waals surface area contributed by atoms with Crippen LogP contribution in [0.4, 0.5) is 0 Å². The number of likely N-dealkylation sites (N-methyl/N-ethyl adjacent to an activating group) is 1. The molecular formula is C24H28N4O3. The zero-order valence-corrected chi connectivity index (χ0v) is 18.3. The van der Waals surface area contributed by atoms with Crippen molar-refractivity contribution in [1.29, 1.82) is 5.26 Å². The maximum Gasteiger partial charge on any atom is 0.253 e. The van der Waals surface area contributed by atoms with E-state index in [1.807, 2.05) is 36.4 Å². The molecule has 0 bridgehead atoms. The van der Waals surface area contributed by atoms with Crippen molar-refractivity contribution in [3.63, 3.8) is 0 Å². The van der Waals surface area contributed by atoms with E-state index in [4.69, 9.17) is 0 Å². The quantitative estimate of drug-likeness (QED) is 0.770. The molecule has 1 N–H and O–H groups in total. The lowest BCUT2D eigenvalue weighted by atomic mass is 9.73. The normalized spacial score (nSPS) is 20.2. The van der Waals surface area contributed by atoms with Crippen molar-refractivity contribution in [1.82, 2.24) is 14.7 Å². The Morgan fingerprint density at radius 2 is 1.71 bits per heavy atom. The summed E-state index contributed by atoms with van der Waals surface area (Å²) in [6, 6.07) is 16.2. The third-order valence-electron chi connectivity index (χ3n) is 5.64. The van der Waals surface area contributed by atoms with Crippen LogP contribution in [0, 0.1) is 11.3 Å². The van der Waals surface area contributed by atoms with E-state index in [1.165, 1.54) is 9.80 Å². The van der Waals surface area contributed by atoms with Gasteiger partial charge in [0, 0.05) is 25.6 Å². The summed E-state index contributed by atoms with van der Waals surface area (Å²) in [6.07, 6.45) is 0. The van der Waals surface area contributed by atoms with E-state index in [1.54, 1.807) is 45.2 Å². The van der Waals surface area contributed by atoms with E-state index in [0.717, 1.165) is 16.7 Å². The van der Waals surface area contributed by atoms with Crippen molar-refractivity contribution in [2.75, 3.05) is 41.3 Å². The predicted octanol–water partition coefficient (Wildman–Crippen LogP) is 1.80. The summed E-state index contributed by atoms with van der Waals surface area (Å²) in [5, 5.41) is 19.9. The average molecular weight is 421 g/mol. The molecular weight excluding hydrogens is 392 g/mol. The Balaban J connectivity index is 1.95. The fraction of sp³-hybridized carbons (Fsp3) is 0.375. The molecule has 1 heterocycles. The zero-order valence-electron chi connectivity index (χ0n) is 18.3. The van der Waals surface area contributed by atoms with E-state index >= 15 is 0 Å². The van der Waals surface area contributed by atoms with Crippen LogP contribution >= 0.6 is 0 Å². The summed E-state index contributed by atoms with van der Waals surface area (Å²) < 4.78 is 0. The average Bonchev–Trinajstić information content (AvgIpc) is 2.73. The number of nitriles is 1. The van der Waals surface area contributed by atoms with Gasteiger partial charge >= 0.3 is 0 Å². The van der Waals surface area contributed by atoms with Gasteiger partial charge in [-0.05, 0) is 42.9 Å². The number of carbonyl (C=O) groups is 2. The molecule has 0 aromatic heterocycles. The number of amides is 2. The Kier molecular flexibility index (Phi) is 6.74. The van der Waals surface area contributed by atoms with Gasteiger partial charge in [0.15, 0.2) is 0 Å². The monoisotopic (exact) mass is 420 g/mol. The molecule has 162 valence electrons. The van der Waals surface area contributed by atoms with Crippen LogP contribution in [0.3, 0.4) is 0 Å². The lowest BCUT2D eigenvalue weighted by Gasteiger charge is -2.52. The van der Waals surface area contributed by atoms with Crippen LogP contribution in [-0.4, -0.2) is 85.0 Å². The molecule has 3 atom stereocenters. The summed E-state index contributed by atoms with van der Waals surface area (Å²) >= 11 is 0. The van der Waals surface area contributed by atoms with Crippen LogP contribution in [-0.2, 0) is 4.79 Å². The minimum atomic E-state index is -0.639. The first kappa shape index (κ1) is 22.5. The Hall–Kier alpha value is -3.21. The molecule has 0 spiro atoms. The molecule has 1 saturated heterocycles. The molecule has 0 saturated carbocycles. The molecule has 2 aromatic carbocycles. The van der Waals surface area contributed by atoms with E-state index < -0.39 is 12.1 Å². The second-order valence-corrected chi connectivity index (χ2v) is 8.25. The molecule has 1 fully saturated rings. The smallest absolute Gasteiger partial charge is 0.253 e. The number of rotatable bonds is 6. The molecule has 1 aliphatic rings. The van der Waals surface area contributed by atoms with Crippen molar-refractivity contribution >= 4 is 11.8 Å². The second-order valence-electron chi connectivity index (χ2n) is 8.25. The predicted molar refractivity (Wildman–Crippen MR) is 118 cm³/mol. The number of benzene rings is 2. The van der Waals surface area contributed by atoms with Crippen LogP contribution in [0.1, 0.15) is 21.8 Å². The molecule has 0 radical (unpaired) electrons. The van der Waals surface area contributed by atoms with E-state index in [9.17, 15) is 20.0 Å². The maximum atomic E-state index is 12.6. The molecule has 31 heavy (non-hydrogen) atoms. The summed E-state index contributed by atoms with van der Waals surface area (Å²) in [4.78, 5) is 29.6. The number of carbonyl (C=O) groups excluding carboxylic acids is 2. The van der Waals surface area contributed by atoms with Gasteiger partial charge in [-0.3, -0.25) is 9.59 Å². The molecule has 7 nitrogen and oxygen atoms in total. The molecule has 3 rings (SSSR count). The highest BCUT2D eigenvalue weighted by Crippen LogP contribution is 2.44. The number of nitrogens with zero attached hydrogens (tertiary/aromatic N) is 4. The Bertz CT molecular complexity index is 995. The SMILES string of the molecule is CN(C)CC(=O)N1[C@H](CO)[C@@H](c2ccccc2-c2ccc(C(=O)N(C)C)cc2)[C@@H]1C#N. The maximum absolute atomic E-state index is 12.6. The molecule has 2 amide bonds. The molecule has 0 unspecified atom stereocenters. The Morgan fingerprint density at radius 3 is 2.26 bits per heavy atom. The van der Waals surface area contributed by atoms with Crippen LogP contribution < -0.4 is 0 Å². The second kappa shape index (κ2) is 9.29. The summed E-state index contributed by atoms with van der Waals surface area (Å²) in [5.41, 5.74) is 3.35. The molecule has 1 aliphatic heterocycles. The topological polar surface area (TPSA) is 87.9 Å². The highest BCUT2D eigenvalue weighted by Gasteiger charge is 2.52. The molecule has 0 aliphatic carbocycles. The minimum Gasteiger partial charge on any atom is -0.394 e. The van der Waals surface area contributed by atoms with Crippen LogP contribution in [0.25, 0.3) is 11.1 Å². The summed E-state index contributed by atoms with van der Waals surface area (Å²) in [6.45, 7) is -0.0307. The first-order valence-corrected chi connectivity index (χ1v) is 10.2. The zero-order chi connectivity index (χ0) is 22.7. The first-order chi connectivity index (χ1) is 14.8. The number of hydrogen-bond donors (Lipinski definition) is 1. The van der Waals surface area contributed by atoms with E-state index in [0.29, 0.717) is 5.56 Å². The molecule has 7 heteroatoms. The van der Waals surface area contributed by atoms with Crippen molar-refractivity contribution in [2.45, 2.75) is 18.0 Å².